The number of nitrogens with zero attached hydrogens (tertiary/aromatic N) is 1. The molecule has 0 radical (unpaired) electrons. The molecule has 0 saturated carbocycles. The highest BCUT2D eigenvalue weighted by atomic mass is 19.1. The summed E-state index contributed by atoms with van der Waals surface area (Å²) in [6.07, 6.45) is 2.83. The van der Waals surface area contributed by atoms with E-state index < -0.39 is 0 Å². The third kappa shape index (κ3) is 2.19. The van der Waals surface area contributed by atoms with Crippen LogP contribution in [0.25, 0.3) is 0 Å². The number of aromatic nitrogens is 2. The van der Waals surface area contributed by atoms with E-state index in [1.165, 1.54) is 36.8 Å². The van der Waals surface area contributed by atoms with Gasteiger partial charge in [0.15, 0.2) is 0 Å². The molecule has 2 rings (SSSR count). The number of hydrogen-bond donors (Lipinski definition) is 2. The van der Waals surface area contributed by atoms with Crippen molar-refractivity contribution in [1.29, 1.82) is 0 Å². The van der Waals surface area contributed by atoms with E-state index in [0.29, 0.717) is 11.4 Å². The van der Waals surface area contributed by atoms with Crippen LogP contribution in [0.2, 0.25) is 0 Å². The summed E-state index contributed by atoms with van der Waals surface area (Å²) in [6.45, 7) is 0. The zero-order valence-corrected chi connectivity index (χ0v) is 7.70. The molecule has 0 saturated heterocycles. The Bertz CT molecular complexity index is 450. The summed E-state index contributed by atoms with van der Waals surface area (Å²) in [5, 5.41) is 2.59. The van der Waals surface area contributed by atoms with Crippen molar-refractivity contribution in [2.24, 2.45) is 0 Å². The maximum atomic E-state index is 12.6. The first-order chi connectivity index (χ1) is 7.25. The van der Waals surface area contributed by atoms with Crippen LogP contribution < -0.4 is 5.32 Å². The van der Waals surface area contributed by atoms with Crippen molar-refractivity contribution >= 4 is 11.6 Å². The molecule has 2 N–H and O–H groups in total. The number of imidazole rings is 1. The monoisotopic (exact) mass is 205 g/mol. The second-order valence-electron chi connectivity index (χ2n) is 2.93. The van der Waals surface area contributed by atoms with Crippen molar-refractivity contribution in [2.75, 3.05) is 5.32 Å². The zero-order valence-electron chi connectivity index (χ0n) is 7.70. The standard InChI is InChI=1S/C10H8FN3O/c11-7-1-3-8(4-2-7)14-10(15)9-5-12-6-13-9/h1-6H,(H,12,13)(H,14,15). The summed E-state index contributed by atoms with van der Waals surface area (Å²) in [6, 6.07) is 5.54. The molecule has 0 unspecified atom stereocenters. The molecule has 0 spiro atoms. The van der Waals surface area contributed by atoms with Crippen LogP contribution in [0.5, 0.6) is 0 Å². The van der Waals surface area contributed by atoms with Gasteiger partial charge in [-0.05, 0) is 24.3 Å². The highest BCUT2D eigenvalue weighted by Crippen LogP contribution is 2.09. The molecule has 76 valence electrons. The average molecular weight is 205 g/mol. The van der Waals surface area contributed by atoms with Crippen molar-refractivity contribution < 1.29 is 9.18 Å². The van der Waals surface area contributed by atoms with Crippen LogP contribution >= 0.6 is 0 Å². The van der Waals surface area contributed by atoms with Gasteiger partial charge in [0.25, 0.3) is 5.91 Å². The normalized spacial score (nSPS) is 9.93. The van der Waals surface area contributed by atoms with Gasteiger partial charge in [-0.3, -0.25) is 4.79 Å². The van der Waals surface area contributed by atoms with Crippen molar-refractivity contribution in [3.63, 3.8) is 0 Å². The van der Waals surface area contributed by atoms with Crippen LogP contribution in [0, 0.1) is 5.82 Å². The molecule has 0 aliphatic carbocycles. The van der Waals surface area contributed by atoms with Gasteiger partial charge in [-0.1, -0.05) is 0 Å². The lowest BCUT2D eigenvalue weighted by molar-refractivity contribution is 0.102. The predicted octanol–water partition coefficient (Wildman–Crippen LogP) is 1.80. The fraction of sp³-hybridized carbons (Fsp3) is 0. The second-order valence-corrected chi connectivity index (χ2v) is 2.93. The van der Waals surface area contributed by atoms with Gasteiger partial charge >= 0.3 is 0 Å². The highest BCUT2D eigenvalue weighted by molar-refractivity contribution is 6.02. The molecule has 1 aromatic heterocycles. The molecule has 4 nitrogen and oxygen atoms in total. The molecular formula is C10H8FN3O. The highest BCUT2D eigenvalue weighted by Gasteiger charge is 2.06. The number of rotatable bonds is 2. The minimum absolute atomic E-state index is 0.306. The summed E-state index contributed by atoms with van der Waals surface area (Å²) in [4.78, 5) is 17.9. The Hall–Kier alpha value is -2.17. The van der Waals surface area contributed by atoms with Crippen LogP contribution in [0.15, 0.2) is 36.8 Å². The lowest BCUT2D eigenvalue weighted by atomic mass is 10.3. The third-order valence-corrected chi connectivity index (χ3v) is 1.84. The molecular weight excluding hydrogens is 197 g/mol. The Labute approximate surface area is 85.2 Å². The minimum atomic E-state index is -0.338. The molecule has 0 atom stereocenters. The first-order valence-corrected chi connectivity index (χ1v) is 4.31. The Morgan fingerprint density at radius 2 is 2.07 bits per heavy atom. The maximum Gasteiger partial charge on any atom is 0.273 e. The number of halogens is 1. The first-order valence-electron chi connectivity index (χ1n) is 4.31. The molecule has 1 aromatic carbocycles. The number of amides is 1. The van der Waals surface area contributed by atoms with Gasteiger partial charge in [-0.25, -0.2) is 9.37 Å². The summed E-state index contributed by atoms with van der Waals surface area (Å²) < 4.78 is 12.6. The van der Waals surface area contributed by atoms with E-state index in [-0.39, 0.29) is 11.7 Å². The smallest absolute Gasteiger partial charge is 0.273 e. The predicted molar refractivity (Wildman–Crippen MR) is 52.9 cm³/mol. The van der Waals surface area contributed by atoms with Gasteiger partial charge in [0.05, 0.1) is 12.5 Å². The molecule has 1 heterocycles. The Balaban J connectivity index is 2.09. The van der Waals surface area contributed by atoms with Crippen LogP contribution in [-0.2, 0) is 0 Å². The third-order valence-electron chi connectivity index (χ3n) is 1.84. The number of carbonyl (C=O) groups excluding carboxylic acids is 1. The second kappa shape index (κ2) is 3.91. The topological polar surface area (TPSA) is 57.8 Å². The number of anilines is 1. The van der Waals surface area contributed by atoms with Crippen LogP contribution in [0.1, 0.15) is 10.5 Å². The van der Waals surface area contributed by atoms with Gasteiger partial charge in [-0.15, -0.1) is 0 Å². The number of H-pyrrole nitrogens is 1. The summed E-state index contributed by atoms with van der Waals surface area (Å²) in [5.74, 6) is -0.645. The van der Waals surface area contributed by atoms with Crippen LogP contribution in [-0.4, -0.2) is 15.9 Å². The van der Waals surface area contributed by atoms with Gasteiger partial charge < -0.3 is 10.3 Å². The summed E-state index contributed by atoms with van der Waals surface area (Å²) in [5.41, 5.74) is 0.898. The molecule has 0 bridgehead atoms. The number of nitrogens with one attached hydrogen (secondary N) is 2. The van der Waals surface area contributed by atoms with Gasteiger partial charge in [0.2, 0.25) is 0 Å². The quantitative estimate of drug-likeness (QED) is 0.785. The fourth-order valence-corrected chi connectivity index (χ4v) is 1.11. The van der Waals surface area contributed by atoms with Crippen molar-refractivity contribution in [3.05, 3.63) is 48.3 Å². The fourth-order valence-electron chi connectivity index (χ4n) is 1.11. The minimum Gasteiger partial charge on any atom is -0.341 e. The molecule has 1 amide bonds. The van der Waals surface area contributed by atoms with E-state index in [2.05, 4.69) is 15.3 Å². The van der Waals surface area contributed by atoms with Crippen molar-refractivity contribution in [1.82, 2.24) is 9.97 Å². The molecule has 0 fully saturated rings. The zero-order chi connectivity index (χ0) is 10.7. The van der Waals surface area contributed by atoms with E-state index in [1.807, 2.05) is 0 Å². The van der Waals surface area contributed by atoms with Gasteiger partial charge in [0, 0.05) is 5.69 Å². The molecule has 0 aliphatic heterocycles. The number of aromatic amines is 1. The SMILES string of the molecule is O=C(Nc1ccc(F)cc1)c1cnc[nH]1. The first kappa shape index (κ1) is 9.39. The van der Waals surface area contributed by atoms with E-state index in [0.717, 1.165) is 0 Å². The van der Waals surface area contributed by atoms with Crippen molar-refractivity contribution in [3.8, 4) is 0 Å². The number of carbonyl (C=O) groups is 1. The van der Waals surface area contributed by atoms with Crippen LogP contribution in [0.3, 0.4) is 0 Å². The Kier molecular flexibility index (Phi) is 2.45. The molecule has 15 heavy (non-hydrogen) atoms. The van der Waals surface area contributed by atoms with Gasteiger partial charge in [0.1, 0.15) is 11.5 Å². The lowest BCUT2D eigenvalue weighted by Crippen LogP contribution is -2.12. The van der Waals surface area contributed by atoms with E-state index >= 15 is 0 Å². The largest absolute Gasteiger partial charge is 0.341 e. The van der Waals surface area contributed by atoms with Crippen LogP contribution in [0.4, 0.5) is 10.1 Å². The summed E-state index contributed by atoms with van der Waals surface area (Å²) >= 11 is 0. The number of hydrogen-bond acceptors (Lipinski definition) is 2. The molecule has 5 heteroatoms. The Morgan fingerprint density at radius 3 is 2.67 bits per heavy atom. The number of benzene rings is 1. The molecule has 0 aliphatic rings. The van der Waals surface area contributed by atoms with E-state index in [4.69, 9.17) is 0 Å². The Morgan fingerprint density at radius 1 is 1.33 bits per heavy atom. The maximum absolute atomic E-state index is 12.6. The molecule has 2 aromatic rings. The average Bonchev–Trinajstić information content (AvgIpc) is 2.74. The van der Waals surface area contributed by atoms with E-state index in [9.17, 15) is 9.18 Å². The lowest BCUT2D eigenvalue weighted by Gasteiger charge is -2.02. The van der Waals surface area contributed by atoms with Gasteiger partial charge in [-0.2, -0.15) is 0 Å². The summed E-state index contributed by atoms with van der Waals surface area (Å²) in [7, 11) is 0. The van der Waals surface area contributed by atoms with Crippen molar-refractivity contribution in [2.45, 2.75) is 0 Å². The van der Waals surface area contributed by atoms with E-state index in [1.54, 1.807) is 0 Å².